The first-order valence-electron chi connectivity index (χ1n) is 7.26. The highest BCUT2D eigenvalue weighted by Crippen LogP contribution is 2.38. The van der Waals surface area contributed by atoms with Crippen LogP contribution in [-0.2, 0) is 20.4 Å². The summed E-state index contributed by atoms with van der Waals surface area (Å²) in [6.45, 7) is 0.466. The maximum atomic E-state index is 11.9. The van der Waals surface area contributed by atoms with Crippen LogP contribution >= 0.6 is 0 Å². The smallest absolute Gasteiger partial charge is 0.310 e. The van der Waals surface area contributed by atoms with Gasteiger partial charge in [0, 0.05) is 35.8 Å². The minimum absolute atomic E-state index is 0.0670. The third-order valence-electron chi connectivity index (χ3n) is 3.94. The molecular formula is C14H25NO4S. The van der Waals surface area contributed by atoms with Crippen molar-refractivity contribution in [1.82, 2.24) is 5.32 Å². The number of carbonyl (C=O) groups is 2. The maximum Gasteiger partial charge on any atom is 0.310 e. The lowest BCUT2D eigenvalue weighted by molar-refractivity contribution is -0.152. The van der Waals surface area contributed by atoms with E-state index in [1.807, 2.05) is 0 Å². The third kappa shape index (κ3) is 5.61. The second-order valence-electron chi connectivity index (χ2n) is 5.66. The molecule has 0 aromatic heterocycles. The van der Waals surface area contributed by atoms with Gasteiger partial charge in [0.25, 0.3) is 0 Å². The number of aliphatic carboxylic acids is 1. The van der Waals surface area contributed by atoms with Crippen LogP contribution < -0.4 is 5.32 Å². The monoisotopic (exact) mass is 303 g/mol. The number of carbonyl (C=O) groups excluding carboxylic acids is 1. The van der Waals surface area contributed by atoms with E-state index >= 15 is 0 Å². The Hall–Kier alpha value is -0.910. The lowest BCUT2D eigenvalue weighted by atomic mass is 9.77. The molecule has 1 atom stereocenters. The molecule has 1 saturated carbocycles. The van der Waals surface area contributed by atoms with Gasteiger partial charge in [-0.25, -0.2) is 0 Å². The number of hydrogen-bond donors (Lipinski definition) is 2. The Bertz CT molecular complexity index is 362. The van der Waals surface area contributed by atoms with Crippen LogP contribution in [0.5, 0.6) is 0 Å². The summed E-state index contributed by atoms with van der Waals surface area (Å²) in [5, 5.41) is 12.2. The topological polar surface area (TPSA) is 83.5 Å². The molecule has 6 heteroatoms. The van der Waals surface area contributed by atoms with Crippen LogP contribution in [0.1, 0.15) is 51.4 Å². The minimum Gasteiger partial charge on any atom is -0.481 e. The molecule has 1 aliphatic rings. The van der Waals surface area contributed by atoms with Crippen LogP contribution in [0.25, 0.3) is 0 Å². The Morgan fingerprint density at radius 3 is 2.30 bits per heavy atom. The fraction of sp³-hybridized carbons (Fsp3) is 0.857. The largest absolute Gasteiger partial charge is 0.481 e. The predicted molar refractivity (Wildman–Crippen MR) is 78.9 cm³/mol. The normalized spacial score (nSPS) is 19.9. The zero-order valence-corrected chi connectivity index (χ0v) is 13.0. The molecule has 1 aliphatic carbocycles. The molecule has 116 valence electrons. The van der Waals surface area contributed by atoms with Crippen LogP contribution in [0, 0.1) is 5.41 Å². The van der Waals surface area contributed by atoms with Gasteiger partial charge in [0.05, 0.1) is 5.41 Å². The van der Waals surface area contributed by atoms with E-state index in [0.29, 0.717) is 31.6 Å². The van der Waals surface area contributed by atoms with Crippen molar-refractivity contribution in [2.24, 2.45) is 5.41 Å². The Morgan fingerprint density at radius 1 is 1.20 bits per heavy atom. The SMILES string of the molecule is CS(=O)CCCNC(=O)CC1(C(=O)O)CCCCCC1. The molecule has 5 nitrogen and oxygen atoms in total. The van der Waals surface area contributed by atoms with Crippen molar-refractivity contribution in [2.75, 3.05) is 18.6 Å². The van der Waals surface area contributed by atoms with E-state index in [4.69, 9.17) is 0 Å². The van der Waals surface area contributed by atoms with Gasteiger partial charge in [-0.1, -0.05) is 25.7 Å². The van der Waals surface area contributed by atoms with Crippen LogP contribution in [0.4, 0.5) is 0 Å². The summed E-state index contributed by atoms with van der Waals surface area (Å²) in [6, 6.07) is 0. The molecule has 2 N–H and O–H groups in total. The molecule has 1 rings (SSSR count). The molecule has 0 spiro atoms. The summed E-state index contributed by atoms with van der Waals surface area (Å²) in [4.78, 5) is 23.5. The van der Waals surface area contributed by atoms with Crippen molar-refractivity contribution in [3.8, 4) is 0 Å². The van der Waals surface area contributed by atoms with Gasteiger partial charge in [0.15, 0.2) is 0 Å². The van der Waals surface area contributed by atoms with Gasteiger partial charge >= 0.3 is 5.97 Å². The van der Waals surface area contributed by atoms with Crippen LogP contribution in [-0.4, -0.2) is 39.7 Å². The predicted octanol–water partition coefficient (Wildman–Crippen LogP) is 1.69. The van der Waals surface area contributed by atoms with Crippen molar-refractivity contribution in [1.29, 1.82) is 0 Å². The molecule has 0 aliphatic heterocycles. The van der Waals surface area contributed by atoms with E-state index in [0.717, 1.165) is 25.7 Å². The molecule has 0 aromatic rings. The molecule has 1 amide bonds. The molecule has 0 saturated heterocycles. The number of nitrogens with one attached hydrogen (secondary N) is 1. The molecule has 0 bridgehead atoms. The minimum atomic E-state index is -0.881. The summed E-state index contributed by atoms with van der Waals surface area (Å²) in [6.07, 6.45) is 7.42. The van der Waals surface area contributed by atoms with Crippen molar-refractivity contribution >= 4 is 22.7 Å². The molecule has 1 unspecified atom stereocenters. The molecule has 0 aromatic carbocycles. The summed E-state index contributed by atoms with van der Waals surface area (Å²) >= 11 is 0. The van der Waals surface area contributed by atoms with Gasteiger partial charge in [-0.2, -0.15) is 0 Å². The first kappa shape index (κ1) is 17.1. The van der Waals surface area contributed by atoms with Crippen molar-refractivity contribution < 1.29 is 18.9 Å². The number of amides is 1. The van der Waals surface area contributed by atoms with Crippen molar-refractivity contribution in [3.63, 3.8) is 0 Å². The van der Waals surface area contributed by atoms with E-state index in [1.54, 1.807) is 6.26 Å². The summed E-state index contributed by atoms with van der Waals surface area (Å²) in [5.41, 5.74) is -0.881. The van der Waals surface area contributed by atoms with Crippen molar-refractivity contribution in [2.45, 2.75) is 51.4 Å². The summed E-state index contributed by atoms with van der Waals surface area (Å²) in [7, 11) is -0.850. The fourth-order valence-electron chi connectivity index (χ4n) is 2.74. The average molecular weight is 303 g/mol. The first-order valence-corrected chi connectivity index (χ1v) is 8.99. The second kappa shape index (κ2) is 8.39. The Morgan fingerprint density at radius 2 is 1.80 bits per heavy atom. The average Bonchev–Trinajstić information content (AvgIpc) is 2.61. The molecule has 0 radical (unpaired) electrons. The first-order chi connectivity index (χ1) is 9.46. The maximum absolute atomic E-state index is 11.9. The summed E-state index contributed by atoms with van der Waals surface area (Å²) in [5.74, 6) is -0.481. The number of carboxylic acid groups (broad SMARTS) is 1. The second-order valence-corrected chi connectivity index (χ2v) is 7.21. The quantitative estimate of drug-likeness (QED) is 0.554. The molecule has 0 heterocycles. The third-order valence-corrected chi connectivity index (χ3v) is 4.81. The van der Waals surface area contributed by atoms with E-state index in [-0.39, 0.29) is 12.3 Å². The number of hydrogen-bond acceptors (Lipinski definition) is 3. The number of rotatable bonds is 7. The van der Waals surface area contributed by atoms with Gasteiger partial charge in [-0.05, 0) is 19.3 Å². The standard InChI is InChI=1S/C14H25NO4S/c1-20(19)10-6-9-15-12(16)11-14(13(17)18)7-4-2-3-5-8-14/h2-11H2,1H3,(H,15,16)(H,17,18). The zero-order valence-electron chi connectivity index (χ0n) is 12.2. The van der Waals surface area contributed by atoms with Crippen LogP contribution in [0.15, 0.2) is 0 Å². The highest BCUT2D eigenvalue weighted by atomic mass is 32.2. The van der Waals surface area contributed by atoms with E-state index in [2.05, 4.69) is 5.32 Å². The summed E-state index contributed by atoms with van der Waals surface area (Å²) < 4.78 is 10.9. The van der Waals surface area contributed by atoms with E-state index in [1.165, 1.54) is 0 Å². The van der Waals surface area contributed by atoms with Gasteiger partial charge < -0.3 is 10.4 Å². The lowest BCUT2D eigenvalue weighted by Crippen LogP contribution is -2.37. The highest BCUT2D eigenvalue weighted by molar-refractivity contribution is 7.84. The Balaban J connectivity index is 2.46. The van der Waals surface area contributed by atoms with Gasteiger partial charge in [-0.15, -0.1) is 0 Å². The zero-order chi connectivity index (χ0) is 15.0. The van der Waals surface area contributed by atoms with E-state index < -0.39 is 22.2 Å². The lowest BCUT2D eigenvalue weighted by Gasteiger charge is -2.27. The van der Waals surface area contributed by atoms with Crippen LogP contribution in [0.3, 0.4) is 0 Å². The highest BCUT2D eigenvalue weighted by Gasteiger charge is 2.40. The van der Waals surface area contributed by atoms with Gasteiger partial charge in [-0.3, -0.25) is 13.8 Å². The Kier molecular flexibility index (Phi) is 7.19. The van der Waals surface area contributed by atoms with Gasteiger partial charge in [0.2, 0.25) is 5.91 Å². The van der Waals surface area contributed by atoms with Gasteiger partial charge in [0.1, 0.15) is 0 Å². The Labute approximate surface area is 123 Å². The molecule has 1 fully saturated rings. The van der Waals surface area contributed by atoms with Crippen molar-refractivity contribution in [3.05, 3.63) is 0 Å². The van der Waals surface area contributed by atoms with E-state index in [9.17, 15) is 18.9 Å². The fourth-order valence-corrected chi connectivity index (χ4v) is 3.30. The van der Waals surface area contributed by atoms with Crippen LogP contribution in [0.2, 0.25) is 0 Å². The molecule has 20 heavy (non-hydrogen) atoms. The molecular weight excluding hydrogens is 278 g/mol. The number of carboxylic acids is 1.